The van der Waals surface area contributed by atoms with E-state index in [2.05, 4.69) is 10.4 Å². The van der Waals surface area contributed by atoms with Crippen LogP contribution in [-0.2, 0) is 11.2 Å². The van der Waals surface area contributed by atoms with Crippen LogP contribution in [0, 0.1) is 5.82 Å². The number of carbonyl (C=O) groups excluding carboxylic acids is 1. The SMILES string of the molecule is COCCN(CCc1csc2nc(-c3ccc(F)cc3)cn12)C(=O)c1cccs1. The van der Waals surface area contributed by atoms with Gasteiger partial charge in [0.05, 0.1) is 17.2 Å². The third kappa shape index (κ3) is 4.39. The molecule has 0 aliphatic rings. The van der Waals surface area contributed by atoms with Gasteiger partial charge in [-0.05, 0) is 35.7 Å². The van der Waals surface area contributed by atoms with E-state index < -0.39 is 0 Å². The zero-order valence-electron chi connectivity index (χ0n) is 15.9. The first-order valence-corrected chi connectivity index (χ1v) is 10.9. The second-order valence-corrected chi connectivity index (χ2v) is 8.31. The Kier molecular flexibility index (Phi) is 6.03. The van der Waals surface area contributed by atoms with Crippen molar-refractivity contribution in [2.24, 2.45) is 0 Å². The quantitative estimate of drug-likeness (QED) is 0.411. The molecule has 29 heavy (non-hydrogen) atoms. The van der Waals surface area contributed by atoms with E-state index in [9.17, 15) is 9.18 Å². The van der Waals surface area contributed by atoms with Gasteiger partial charge in [0, 0.05) is 49.5 Å². The van der Waals surface area contributed by atoms with Gasteiger partial charge in [0.1, 0.15) is 5.82 Å². The minimum Gasteiger partial charge on any atom is -0.383 e. The first-order valence-electron chi connectivity index (χ1n) is 9.19. The van der Waals surface area contributed by atoms with Crippen LogP contribution in [0.25, 0.3) is 16.2 Å². The Labute approximate surface area is 176 Å². The van der Waals surface area contributed by atoms with E-state index in [0.29, 0.717) is 26.1 Å². The summed E-state index contributed by atoms with van der Waals surface area (Å²) in [6.45, 7) is 1.64. The highest BCUT2D eigenvalue weighted by molar-refractivity contribution is 7.15. The molecule has 0 unspecified atom stereocenters. The van der Waals surface area contributed by atoms with Crippen LogP contribution in [0.15, 0.2) is 53.4 Å². The van der Waals surface area contributed by atoms with Gasteiger partial charge in [-0.25, -0.2) is 9.37 Å². The smallest absolute Gasteiger partial charge is 0.264 e. The highest BCUT2D eigenvalue weighted by atomic mass is 32.1. The molecular weight excluding hydrogens is 409 g/mol. The Morgan fingerprint density at radius 1 is 1.21 bits per heavy atom. The molecule has 5 nitrogen and oxygen atoms in total. The fraction of sp³-hybridized carbons (Fsp3) is 0.238. The first kappa shape index (κ1) is 19.8. The molecule has 0 saturated carbocycles. The monoisotopic (exact) mass is 429 g/mol. The van der Waals surface area contributed by atoms with Crippen LogP contribution in [0.2, 0.25) is 0 Å². The molecule has 150 valence electrons. The zero-order chi connectivity index (χ0) is 20.2. The summed E-state index contributed by atoms with van der Waals surface area (Å²) in [6.07, 6.45) is 2.68. The van der Waals surface area contributed by atoms with E-state index in [1.54, 1.807) is 30.6 Å². The maximum Gasteiger partial charge on any atom is 0.264 e. The number of aromatic nitrogens is 2. The molecule has 8 heteroatoms. The summed E-state index contributed by atoms with van der Waals surface area (Å²) >= 11 is 3.01. The third-order valence-corrected chi connectivity index (χ3v) is 6.39. The summed E-state index contributed by atoms with van der Waals surface area (Å²) in [7, 11) is 1.64. The van der Waals surface area contributed by atoms with Gasteiger partial charge in [-0.1, -0.05) is 6.07 Å². The van der Waals surface area contributed by atoms with Crippen LogP contribution in [0.4, 0.5) is 4.39 Å². The first-order chi connectivity index (χ1) is 14.2. The van der Waals surface area contributed by atoms with E-state index >= 15 is 0 Å². The fourth-order valence-corrected chi connectivity index (χ4v) is 4.69. The van der Waals surface area contributed by atoms with Gasteiger partial charge in [-0.3, -0.25) is 9.20 Å². The highest BCUT2D eigenvalue weighted by Gasteiger charge is 2.18. The number of ether oxygens (including phenoxy) is 1. The number of thiophene rings is 1. The van der Waals surface area contributed by atoms with Gasteiger partial charge in [0.2, 0.25) is 0 Å². The lowest BCUT2D eigenvalue weighted by atomic mass is 10.2. The number of methoxy groups -OCH3 is 1. The van der Waals surface area contributed by atoms with Crippen LogP contribution in [0.5, 0.6) is 0 Å². The second-order valence-electron chi connectivity index (χ2n) is 6.52. The van der Waals surface area contributed by atoms with Gasteiger partial charge >= 0.3 is 0 Å². The van der Waals surface area contributed by atoms with Crippen molar-refractivity contribution in [2.45, 2.75) is 6.42 Å². The predicted octanol–water partition coefficient (Wildman–Crippen LogP) is 4.59. The van der Waals surface area contributed by atoms with Crippen LogP contribution in [0.3, 0.4) is 0 Å². The van der Waals surface area contributed by atoms with Crippen LogP contribution < -0.4 is 0 Å². The van der Waals surface area contributed by atoms with E-state index in [1.807, 2.05) is 33.0 Å². The Hall–Kier alpha value is -2.55. The van der Waals surface area contributed by atoms with E-state index in [-0.39, 0.29) is 11.7 Å². The Morgan fingerprint density at radius 3 is 2.76 bits per heavy atom. The molecule has 4 aromatic rings. The molecule has 1 aromatic carbocycles. The van der Waals surface area contributed by atoms with Gasteiger partial charge in [0.25, 0.3) is 5.91 Å². The van der Waals surface area contributed by atoms with Crippen LogP contribution in [-0.4, -0.2) is 47.0 Å². The van der Waals surface area contributed by atoms with Gasteiger partial charge in [0.15, 0.2) is 4.96 Å². The molecule has 0 fully saturated rings. The largest absolute Gasteiger partial charge is 0.383 e. The average Bonchev–Trinajstić information content (AvgIpc) is 3.46. The Morgan fingerprint density at radius 2 is 2.03 bits per heavy atom. The number of hydrogen-bond acceptors (Lipinski definition) is 5. The van der Waals surface area contributed by atoms with Crippen molar-refractivity contribution in [3.05, 3.63) is 69.7 Å². The van der Waals surface area contributed by atoms with E-state index in [0.717, 1.165) is 26.8 Å². The number of halogens is 1. The molecule has 0 spiro atoms. The van der Waals surface area contributed by atoms with E-state index in [1.165, 1.54) is 23.5 Å². The highest BCUT2D eigenvalue weighted by Crippen LogP contribution is 2.24. The molecule has 0 saturated heterocycles. The van der Waals surface area contributed by atoms with Gasteiger partial charge < -0.3 is 9.64 Å². The van der Waals surface area contributed by atoms with E-state index in [4.69, 9.17) is 4.74 Å². The van der Waals surface area contributed by atoms with Gasteiger partial charge in [-0.15, -0.1) is 22.7 Å². The molecule has 0 radical (unpaired) electrons. The molecule has 3 aromatic heterocycles. The minimum absolute atomic E-state index is 0.0288. The average molecular weight is 430 g/mol. The third-order valence-electron chi connectivity index (χ3n) is 4.65. The summed E-state index contributed by atoms with van der Waals surface area (Å²) in [6, 6.07) is 10.1. The number of carbonyl (C=O) groups is 1. The number of thiazole rings is 1. The number of benzene rings is 1. The summed E-state index contributed by atoms with van der Waals surface area (Å²) in [5.74, 6) is -0.233. The summed E-state index contributed by atoms with van der Waals surface area (Å²) < 4.78 is 20.4. The molecule has 4 rings (SSSR count). The van der Waals surface area contributed by atoms with Crippen molar-refractivity contribution in [2.75, 3.05) is 26.8 Å². The molecule has 3 heterocycles. The number of fused-ring (bicyclic) bond motifs is 1. The number of imidazole rings is 1. The van der Waals surface area contributed by atoms with Crippen molar-refractivity contribution in [3.63, 3.8) is 0 Å². The molecule has 0 aliphatic heterocycles. The minimum atomic E-state index is -0.262. The number of hydrogen-bond donors (Lipinski definition) is 0. The van der Waals surface area contributed by atoms with Crippen LogP contribution in [0.1, 0.15) is 15.4 Å². The standard InChI is InChI=1S/C21H20FN3O2S2/c1-27-11-10-24(20(26)19-3-2-12-28-19)9-8-17-14-29-21-23-18(13-25(17)21)15-4-6-16(22)7-5-15/h2-7,12-14H,8-11H2,1H3. The lowest BCUT2D eigenvalue weighted by Crippen LogP contribution is -2.35. The zero-order valence-corrected chi connectivity index (χ0v) is 17.5. The summed E-state index contributed by atoms with van der Waals surface area (Å²) in [4.78, 5) is 20.9. The molecule has 0 bridgehead atoms. The fourth-order valence-electron chi connectivity index (χ4n) is 3.09. The maximum atomic E-state index is 13.2. The lowest BCUT2D eigenvalue weighted by molar-refractivity contribution is 0.0702. The van der Waals surface area contributed by atoms with Crippen molar-refractivity contribution >= 4 is 33.5 Å². The Bertz CT molecular complexity index is 1090. The van der Waals surface area contributed by atoms with Crippen molar-refractivity contribution < 1.29 is 13.9 Å². The molecule has 0 atom stereocenters. The molecule has 1 amide bonds. The summed E-state index contributed by atoms with van der Waals surface area (Å²) in [5.41, 5.74) is 2.78. The van der Waals surface area contributed by atoms with Crippen molar-refractivity contribution in [3.8, 4) is 11.3 Å². The Balaban J connectivity index is 1.51. The summed E-state index contributed by atoms with van der Waals surface area (Å²) in [5, 5.41) is 3.98. The number of nitrogens with zero attached hydrogens (tertiary/aromatic N) is 3. The number of amides is 1. The maximum absolute atomic E-state index is 13.2. The van der Waals surface area contributed by atoms with Crippen molar-refractivity contribution in [1.82, 2.24) is 14.3 Å². The van der Waals surface area contributed by atoms with Crippen LogP contribution >= 0.6 is 22.7 Å². The molecular formula is C21H20FN3O2S2. The molecule has 0 N–H and O–H groups in total. The predicted molar refractivity (Wildman–Crippen MR) is 114 cm³/mol. The molecule has 0 aliphatic carbocycles. The van der Waals surface area contributed by atoms with Crippen molar-refractivity contribution in [1.29, 1.82) is 0 Å². The lowest BCUT2D eigenvalue weighted by Gasteiger charge is -2.21. The normalized spacial score (nSPS) is 11.2. The second kappa shape index (κ2) is 8.86. The van der Waals surface area contributed by atoms with Gasteiger partial charge in [-0.2, -0.15) is 0 Å². The topological polar surface area (TPSA) is 46.8 Å². The number of rotatable bonds is 8.